The highest BCUT2D eigenvalue weighted by Gasteiger charge is 2.39. The van der Waals surface area contributed by atoms with E-state index in [1.54, 1.807) is 0 Å². The van der Waals surface area contributed by atoms with Gasteiger partial charge in [-0.3, -0.25) is 4.99 Å². The molecule has 1 aromatic rings. The second-order valence-electron chi connectivity index (χ2n) is 4.99. The Morgan fingerprint density at radius 1 is 1.41 bits per heavy atom. The molecule has 0 N–H and O–H groups in total. The van der Waals surface area contributed by atoms with E-state index >= 15 is 0 Å². The topological polar surface area (TPSA) is 25.2 Å². The number of nitrogens with zero attached hydrogens (tertiary/aromatic N) is 2. The molecule has 0 bridgehead atoms. The smallest absolute Gasteiger partial charge is 0.108 e. The van der Waals surface area contributed by atoms with Gasteiger partial charge in [-0.25, -0.2) is 4.98 Å². The Bertz CT molecular complexity index is 559. The maximum absolute atomic E-state index is 4.45. The first-order valence-electron chi connectivity index (χ1n) is 5.57. The first kappa shape index (κ1) is 11.6. The summed E-state index contributed by atoms with van der Waals surface area (Å²) in [7, 11) is 0. The van der Waals surface area contributed by atoms with Crippen LogP contribution in [0.15, 0.2) is 27.4 Å². The van der Waals surface area contributed by atoms with Gasteiger partial charge >= 0.3 is 0 Å². The quantitative estimate of drug-likeness (QED) is 0.391. The fraction of sp³-hybridized carbons (Fsp3) is 0.385. The van der Waals surface area contributed by atoms with E-state index in [-0.39, 0.29) is 10.4 Å². The minimum atomic E-state index is 0.0780. The second kappa shape index (κ2) is 3.75. The zero-order chi connectivity index (χ0) is 12.2. The van der Waals surface area contributed by atoms with Gasteiger partial charge in [0, 0.05) is 35.4 Å². The summed E-state index contributed by atoms with van der Waals surface area (Å²) in [5.41, 5.74) is 5.38. The van der Waals surface area contributed by atoms with E-state index in [0.717, 1.165) is 11.0 Å². The lowest BCUT2D eigenvalue weighted by molar-refractivity contribution is 0.602. The van der Waals surface area contributed by atoms with Crippen molar-refractivity contribution in [2.45, 2.75) is 30.6 Å². The molecule has 2 heterocycles. The SMILES string of the molecule is CC1(C)C2=C(C=NC(Br)C2)c2cnc(Br)cc21. The van der Waals surface area contributed by atoms with Gasteiger partial charge in [-0.2, -0.15) is 0 Å². The van der Waals surface area contributed by atoms with Crippen molar-refractivity contribution >= 4 is 43.6 Å². The van der Waals surface area contributed by atoms with Crippen LogP contribution in [0.3, 0.4) is 0 Å². The first-order valence-corrected chi connectivity index (χ1v) is 7.28. The fourth-order valence-electron chi connectivity index (χ4n) is 2.71. The molecule has 0 saturated heterocycles. The van der Waals surface area contributed by atoms with Crippen molar-refractivity contribution in [3.05, 3.63) is 33.6 Å². The molecule has 1 aliphatic carbocycles. The summed E-state index contributed by atoms with van der Waals surface area (Å²) < 4.78 is 0.900. The maximum Gasteiger partial charge on any atom is 0.108 e. The Morgan fingerprint density at radius 2 is 2.18 bits per heavy atom. The lowest BCUT2D eigenvalue weighted by Gasteiger charge is -2.26. The van der Waals surface area contributed by atoms with Crippen molar-refractivity contribution in [1.82, 2.24) is 4.98 Å². The molecule has 1 atom stereocenters. The average Bonchev–Trinajstić information content (AvgIpc) is 2.49. The number of allylic oxidation sites excluding steroid dienone is 1. The van der Waals surface area contributed by atoms with E-state index in [4.69, 9.17) is 0 Å². The van der Waals surface area contributed by atoms with Gasteiger partial charge in [-0.05, 0) is 33.1 Å². The highest BCUT2D eigenvalue weighted by molar-refractivity contribution is 9.10. The summed E-state index contributed by atoms with van der Waals surface area (Å²) in [4.78, 5) is 9.00. The fourth-order valence-corrected chi connectivity index (χ4v) is 3.49. The monoisotopic (exact) mass is 354 g/mol. The lowest BCUT2D eigenvalue weighted by Crippen LogP contribution is -2.20. The number of dihydropyridines is 1. The number of alkyl halides is 1. The third-order valence-corrected chi connectivity index (χ3v) is 4.65. The van der Waals surface area contributed by atoms with Crippen molar-refractivity contribution in [2.75, 3.05) is 0 Å². The Balaban J connectivity index is 2.23. The van der Waals surface area contributed by atoms with Gasteiger partial charge in [0.05, 0.1) is 0 Å². The molecule has 0 fully saturated rings. The summed E-state index contributed by atoms with van der Waals surface area (Å²) in [6.45, 7) is 4.55. The van der Waals surface area contributed by atoms with Crippen LogP contribution in [0.25, 0.3) is 5.57 Å². The molecule has 0 spiro atoms. The Hall–Kier alpha value is -0.480. The van der Waals surface area contributed by atoms with Crippen LogP contribution >= 0.6 is 31.9 Å². The molecule has 3 rings (SSSR count). The van der Waals surface area contributed by atoms with Gasteiger partial charge < -0.3 is 0 Å². The maximum atomic E-state index is 4.45. The van der Waals surface area contributed by atoms with Crippen molar-refractivity contribution in [2.24, 2.45) is 4.99 Å². The number of aromatic nitrogens is 1. The number of pyridine rings is 1. The lowest BCUT2D eigenvalue weighted by atomic mass is 9.80. The number of aliphatic imine (C=N–C) groups is 1. The predicted octanol–water partition coefficient (Wildman–Crippen LogP) is 4.08. The van der Waals surface area contributed by atoms with E-state index in [1.807, 2.05) is 12.4 Å². The van der Waals surface area contributed by atoms with Gasteiger partial charge in [0.25, 0.3) is 0 Å². The van der Waals surface area contributed by atoms with Gasteiger partial charge in [-0.1, -0.05) is 29.8 Å². The second-order valence-corrected chi connectivity index (χ2v) is 6.86. The Morgan fingerprint density at radius 3 is 2.94 bits per heavy atom. The van der Waals surface area contributed by atoms with E-state index < -0.39 is 0 Å². The molecular formula is C13H12Br2N2. The predicted molar refractivity (Wildman–Crippen MR) is 77.7 cm³/mol. The standard InChI is InChI=1S/C13H12Br2N2/c1-13(2)9-3-11(14)16-5-7(9)8-6-17-12(15)4-10(8)13/h3,5-6,12H,4H2,1-2H3. The van der Waals surface area contributed by atoms with E-state index in [9.17, 15) is 0 Å². The van der Waals surface area contributed by atoms with Gasteiger partial charge in [-0.15, -0.1) is 0 Å². The van der Waals surface area contributed by atoms with Gasteiger partial charge in [0.2, 0.25) is 0 Å². The summed E-state index contributed by atoms with van der Waals surface area (Å²) in [5, 5.41) is 0. The highest BCUT2D eigenvalue weighted by Crippen LogP contribution is 2.49. The van der Waals surface area contributed by atoms with E-state index in [2.05, 4.69) is 61.8 Å². The van der Waals surface area contributed by atoms with Crippen LogP contribution < -0.4 is 0 Å². The molecule has 0 aromatic carbocycles. The molecule has 1 aromatic heterocycles. The summed E-state index contributed by atoms with van der Waals surface area (Å²) in [5.74, 6) is 0. The van der Waals surface area contributed by atoms with Crippen molar-refractivity contribution in [3.63, 3.8) is 0 Å². The van der Waals surface area contributed by atoms with Crippen molar-refractivity contribution in [3.8, 4) is 0 Å². The third-order valence-electron chi connectivity index (χ3n) is 3.65. The third kappa shape index (κ3) is 1.65. The molecule has 17 heavy (non-hydrogen) atoms. The summed E-state index contributed by atoms with van der Waals surface area (Å²) in [6.07, 6.45) is 4.91. The largest absolute Gasteiger partial charge is 0.277 e. The number of fused-ring (bicyclic) bond motifs is 2. The molecular weight excluding hydrogens is 344 g/mol. The summed E-state index contributed by atoms with van der Waals surface area (Å²) >= 11 is 7.03. The van der Waals surface area contributed by atoms with Crippen molar-refractivity contribution in [1.29, 1.82) is 0 Å². The zero-order valence-corrected chi connectivity index (χ0v) is 12.8. The molecule has 0 saturated carbocycles. The van der Waals surface area contributed by atoms with Crippen LogP contribution in [0.4, 0.5) is 0 Å². The molecule has 4 heteroatoms. The minimum absolute atomic E-state index is 0.0780. The zero-order valence-electron chi connectivity index (χ0n) is 9.67. The highest BCUT2D eigenvalue weighted by atomic mass is 79.9. The molecule has 2 nitrogen and oxygen atoms in total. The van der Waals surface area contributed by atoms with Crippen LogP contribution in [-0.2, 0) is 5.41 Å². The molecule has 1 unspecified atom stereocenters. The van der Waals surface area contributed by atoms with Gasteiger partial charge in [0.1, 0.15) is 9.55 Å². The Kier molecular flexibility index (Phi) is 2.56. The van der Waals surface area contributed by atoms with Gasteiger partial charge in [0.15, 0.2) is 0 Å². The van der Waals surface area contributed by atoms with Crippen LogP contribution in [0.1, 0.15) is 31.4 Å². The minimum Gasteiger partial charge on any atom is -0.277 e. The van der Waals surface area contributed by atoms with Crippen LogP contribution in [0.2, 0.25) is 0 Å². The normalized spacial score (nSPS) is 24.8. The van der Waals surface area contributed by atoms with Crippen LogP contribution in [-0.4, -0.2) is 16.1 Å². The number of halogens is 2. The van der Waals surface area contributed by atoms with E-state index in [0.29, 0.717) is 0 Å². The average molecular weight is 356 g/mol. The number of rotatable bonds is 0. The van der Waals surface area contributed by atoms with Crippen LogP contribution in [0, 0.1) is 0 Å². The summed E-state index contributed by atoms with van der Waals surface area (Å²) in [6, 6.07) is 2.13. The number of hydrogen-bond acceptors (Lipinski definition) is 2. The number of hydrogen-bond donors (Lipinski definition) is 0. The van der Waals surface area contributed by atoms with Crippen LogP contribution in [0.5, 0.6) is 0 Å². The molecule has 88 valence electrons. The molecule has 2 aliphatic rings. The van der Waals surface area contributed by atoms with E-state index in [1.165, 1.54) is 22.3 Å². The van der Waals surface area contributed by atoms with Crippen molar-refractivity contribution < 1.29 is 0 Å². The molecule has 0 radical (unpaired) electrons. The molecule has 1 aliphatic heterocycles. The molecule has 0 amide bonds. The Labute approximate surface area is 117 Å². The first-order chi connectivity index (χ1) is 8.00.